The second-order valence-electron chi connectivity index (χ2n) is 7.57. The van der Waals surface area contributed by atoms with Gasteiger partial charge in [0.05, 0.1) is 9.85 Å². The van der Waals surface area contributed by atoms with E-state index in [9.17, 15) is 56.2 Å². The molecule has 2 aromatic carbocycles. The number of alkyl halides is 6. The number of carbonyl (C=O) groups is 2. The Bertz CT molecular complexity index is 1210. The molecule has 10 nitrogen and oxygen atoms in total. The highest BCUT2D eigenvalue weighted by molar-refractivity contribution is 6.09. The first-order chi connectivity index (χ1) is 17.1. The zero-order valence-electron chi connectivity index (χ0n) is 18.9. The van der Waals surface area contributed by atoms with E-state index in [1.807, 2.05) is 5.32 Å². The van der Waals surface area contributed by atoms with Crippen LogP contribution < -0.4 is 10.2 Å². The van der Waals surface area contributed by atoms with Crippen molar-refractivity contribution in [3.63, 3.8) is 0 Å². The van der Waals surface area contributed by atoms with Gasteiger partial charge in [-0.05, 0) is 30.7 Å². The molecule has 0 saturated heterocycles. The number of unbranched alkanes of at least 4 members (excludes halogenated alkanes) is 1. The van der Waals surface area contributed by atoms with Crippen LogP contribution in [0.25, 0.3) is 0 Å². The molecule has 0 radical (unpaired) electrons. The van der Waals surface area contributed by atoms with Gasteiger partial charge >= 0.3 is 12.4 Å². The van der Waals surface area contributed by atoms with Crippen molar-refractivity contribution in [3.8, 4) is 0 Å². The number of nitro benzene ring substituents is 2. The third-order valence-corrected chi connectivity index (χ3v) is 4.92. The summed E-state index contributed by atoms with van der Waals surface area (Å²) in [6.07, 6.45) is -10.5. The van der Waals surface area contributed by atoms with E-state index in [0.29, 0.717) is 30.7 Å². The highest BCUT2D eigenvalue weighted by Gasteiger charge is 2.40. The lowest BCUT2D eigenvalue weighted by Gasteiger charge is -2.23. The number of halogens is 6. The standard InChI is InChI=1S/C21H18F6N4O6/c1-2-3-8-29(13-5-7-17(31(36)37)15(10-13)21(25,26)27)19(33)11-18(32)28-12-4-6-16(30(34)35)14(9-12)20(22,23)24/h4-7,9-10H,2-3,8,11H2,1H3,(H,28,32). The van der Waals surface area contributed by atoms with Crippen LogP contribution in [-0.4, -0.2) is 28.2 Å². The normalized spacial score (nSPS) is 11.6. The first kappa shape index (κ1) is 29.0. The molecule has 0 fully saturated rings. The van der Waals surface area contributed by atoms with Gasteiger partial charge in [-0.25, -0.2) is 0 Å². The van der Waals surface area contributed by atoms with Crippen molar-refractivity contribution in [2.75, 3.05) is 16.8 Å². The molecule has 0 aromatic heterocycles. The summed E-state index contributed by atoms with van der Waals surface area (Å²) in [6, 6.07) is 3.52. The van der Waals surface area contributed by atoms with Gasteiger partial charge in [0.2, 0.25) is 11.8 Å². The second kappa shape index (κ2) is 11.2. The highest BCUT2D eigenvalue weighted by atomic mass is 19.4. The smallest absolute Gasteiger partial charge is 0.326 e. The van der Waals surface area contributed by atoms with Crippen molar-refractivity contribution >= 4 is 34.6 Å². The Kier molecular flexibility index (Phi) is 8.79. The molecular weight excluding hydrogens is 518 g/mol. The lowest BCUT2D eigenvalue weighted by Crippen LogP contribution is -2.35. The molecule has 200 valence electrons. The summed E-state index contributed by atoms with van der Waals surface area (Å²) >= 11 is 0. The van der Waals surface area contributed by atoms with E-state index in [1.54, 1.807) is 6.92 Å². The molecule has 0 aliphatic heterocycles. The number of benzene rings is 2. The van der Waals surface area contributed by atoms with E-state index >= 15 is 0 Å². The van der Waals surface area contributed by atoms with Gasteiger partial charge in [-0.15, -0.1) is 0 Å². The fourth-order valence-electron chi connectivity index (χ4n) is 3.23. The van der Waals surface area contributed by atoms with Crippen LogP contribution in [0.2, 0.25) is 0 Å². The van der Waals surface area contributed by atoms with E-state index in [4.69, 9.17) is 0 Å². The first-order valence-electron chi connectivity index (χ1n) is 10.4. The zero-order valence-corrected chi connectivity index (χ0v) is 18.9. The SMILES string of the molecule is CCCCN(C(=O)CC(=O)Nc1ccc([N+](=O)[O-])c(C(F)(F)F)c1)c1ccc([N+](=O)[O-])c(C(F)(F)F)c1. The predicted octanol–water partition coefficient (Wildman–Crippen LogP) is 5.70. The minimum Gasteiger partial charge on any atom is -0.326 e. The highest BCUT2D eigenvalue weighted by Crippen LogP contribution is 2.39. The minimum atomic E-state index is -5.12. The van der Waals surface area contributed by atoms with Crippen LogP contribution in [0.3, 0.4) is 0 Å². The fraction of sp³-hybridized carbons (Fsp3) is 0.333. The molecular formula is C21H18F6N4O6. The van der Waals surface area contributed by atoms with Gasteiger partial charge < -0.3 is 10.2 Å². The maximum absolute atomic E-state index is 13.4. The molecule has 0 aliphatic rings. The molecule has 2 rings (SSSR count). The average Bonchev–Trinajstić information content (AvgIpc) is 2.77. The largest absolute Gasteiger partial charge is 0.423 e. The summed E-state index contributed by atoms with van der Waals surface area (Å²) < 4.78 is 79.5. The topological polar surface area (TPSA) is 136 Å². The van der Waals surface area contributed by atoms with E-state index in [-0.39, 0.29) is 18.7 Å². The van der Waals surface area contributed by atoms with E-state index in [2.05, 4.69) is 0 Å². The van der Waals surface area contributed by atoms with Crippen molar-refractivity contribution < 1.29 is 45.8 Å². The van der Waals surface area contributed by atoms with Crippen LogP contribution in [0.4, 0.5) is 49.1 Å². The monoisotopic (exact) mass is 536 g/mol. The third kappa shape index (κ3) is 7.37. The van der Waals surface area contributed by atoms with Gasteiger partial charge in [0, 0.05) is 30.1 Å². The van der Waals surface area contributed by atoms with E-state index in [1.165, 1.54) is 0 Å². The summed E-state index contributed by atoms with van der Waals surface area (Å²) in [4.78, 5) is 45.3. The number of carbonyl (C=O) groups excluding carboxylic acids is 2. The zero-order chi connectivity index (χ0) is 28.1. The Morgan fingerprint density at radius 2 is 1.41 bits per heavy atom. The Morgan fingerprint density at radius 3 is 1.89 bits per heavy atom. The number of hydrogen-bond donors (Lipinski definition) is 1. The summed E-state index contributed by atoms with van der Waals surface area (Å²) in [5, 5.41) is 23.8. The molecule has 2 amide bonds. The molecule has 0 bridgehead atoms. The third-order valence-electron chi connectivity index (χ3n) is 4.92. The molecule has 0 spiro atoms. The van der Waals surface area contributed by atoms with Gasteiger partial charge in [-0.2, -0.15) is 26.3 Å². The number of rotatable bonds is 9. The molecule has 0 saturated carbocycles. The Hall–Kier alpha value is -4.24. The average molecular weight is 536 g/mol. The summed E-state index contributed by atoms with van der Waals surface area (Å²) in [7, 11) is 0. The maximum atomic E-state index is 13.4. The number of nitrogens with zero attached hydrogens (tertiary/aromatic N) is 3. The van der Waals surface area contributed by atoms with E-state index < -0.39 is 68.6 Å². The maximum Gasteiger partial charge on any atom is 0.423 e. The predicted molar refractivity (Wildman–Crippen MR) is 117 cm³/mol. The molecule has 0 unspecified atom stereocenters. The fourth-order valence-corrected chi connectivity index (χ4v) is 3.23. The Labute approximate surface area is 204 Å². The minimum absolute atomic E-state index is 0.159. The van der Waals surface area contributed by atoms with Crippen LogP contribution in [0, 0.1) is 20.2 Å². The van der Waals surface area contributed by atoms with Crippen molar-refractivity contribution in [1.82, 2.24) is 0 Å². The van der Waals surface area contributed by atoms with Crippen molar-refractivity contribution in [3.05, 3.63) is 67.8 Å². The van der Waals surface area contributed by atoms with Crippen molar-refractivity contribution in [2.24, 2.45) is 0 Å². The number of nitro groups is 2. The lowest BCUT2D eigenvalue weighted by atomic mass is 10.1. The van der Waals surface area contributed by atoms with Gasteiger partial charge in [0.15, 0.2) is 0 Å². The summed E-state index contributed by atoms with van der Waals surface area (Å²) in [6.45, 7) is 1.55. The summed E-state index contributed by atoms with van der Waals surface area (Å²) in [5.74, 6) is -2.18. The van der Waals surface area contributed by atoms with Gasteiger partial charge in [-0.1, -0.05) is 13.3 Å². The summed E-state index contributed by atoms with van der Waals surface area (Å²) in [5.41, 5.74) is -6.64. The van der Waals surface area contributed by atoms with Crippen molar-refractivity contribution in [2.45, 2.75) is 38.5 Å². The molecule has 37 heavy (non-hydrogen) atoms. The van der Waals surface area contributed by atoms with Crippen LogP contribution in [-0.2, 0) is 21.9 Å². The quantitative estimate of drug-likeness (QED) is 0.189. The number of anilines is 2. The molecule has 16 heteroatoms. The van der Waals surface area contributed by atoms with Crippen LogP contribution in [0.5, 0.6) is 0 Å². The Balaban J connectivity index is 2.33. The van der Waals surface area contributed by atoms with Crippen LogP contribution >= 0.6 is 0 Å². The van der Waals surface area contributed by atoms with Gasteiger partial charge in [0.1, 0.15) is 17.5 Å². The van der Waals surface area contributed by atoms with Gasteiger partial charge in [-0.3, -0.25) is 29.8 Å². The molecule has 0 aliphatic carbocycles. The lowest BCUT2D eigenvalue weighted by molar-refractivity contribution is -0.388. The molecule has 1 N–H and O–H groups in total. The number of amides is 2. The van der Waals surface area contributed by atoms with Gasteiger partial charge in [0.25, 0.3) is 11.4 Å². The number of hydrogen-bond acceptors (Lipinski definition) is 6. The second-order valence-corrected chi connectivity index (χ2v) is 7.57. The number of nitrogens with one attached hydrogen (secondary N) is 1. The van der Waals surface area contributed by atoms with E-state index in [0.717, 1.165) is 17.0 Å². The molecule has 2 aromatic rings. The molecule has 0 atom stereocenters. The molecule has 0 heterocycles. The van der Waals surface area contributed by atoms with Crippen LogP contribution in [0.1, 0.15) is 37.3 Å². The van der Waals surface area contributed by atoms with Crippen LogP contribution in [0.15, 0.2) is 36.4 Å². The van der Waals surface area contributed by atoms with Crippen molar-refractivity contribution in [1.29, 1.82) is 0 Å². The Morgan fingerprint density at radius 1 is 0.892 bits per heavy atom. The first-order valence-corrected chi connectivity index (χ1v) is 10.4.